The fraction of sp³-hybridized carbons (Fsp3) is 0.292. The van der Waals surface area contributed by atoms with Crippen molar-refractivity contribution in [2.24, 2.45) is 5.14 Å². The molecular weight excluding hydrogens is 364 g/mol. The van der Waals surface area contributed by atoms with Crippen molar-refractivity contribution in [2.45, 2.75) is 44.4 Å². The third-order valence-electron chi connectivity index (χ3n) is 4.01. The Morgan fingerprint density at radius 1 is 0.929 bits per heavy atom. The Balaban J connectivity index is 0.000000878. The zero-order chi connectivity index (χ0) is 20.0. The largest absolute Gasteiger partial charge is 0.494 e. The Hall–Kier alpha value is -2.30. The number of aryl methyl sites for hydroxylation is 1. The first-order valence-corrected chi connectivity index (χ1v) is 10.7. The molecule has 0 radical (unpaired) electrons. The molecule has 0 aliphatic heterocycles. The maximum absolute atomic E-state index is 5.84. The molecule has 0 saturated heterocycles. The van der Waals surface area contributed by atoms with E-state index in [2.05, 4.69) is 49.2 Å². The molecule has 0 fully saturated rings. The van der Waals surface area contributed by atoms with E-state index < -0.39 is 0 Å². The molecule has 0 spiro atoms. The molecule has 28 heavy (non-hydrogen) atoms. The number of hydrogen-bond acceptors (Lipinski definition) is 4. The van der Waals surface area contributed by atoms with Crippen molar-refractivity contribution in [1.82, 2.24) is 4.98 Å². The van der Waals surface area contributed by atoms with Gasteiger partial charge in [-0.15, -0.1) is 0 Å². The van der Waals surface area contributed by atoms with Crippen LogP contribution in [0.3, 0.4) is 0 Å². The van der Waals surface area contributed by atoms with Gasteiger partial charge < -0.3 is 4.74 Å². The molecule has 0 aliphatic rings. The topological polar surface area (TPSA) is 48.1 Å². The van der Waals surface area contributed by atoms with Gasteiger partial charge in [0.05, 0.1) is 6.61 Å². The molecule has 0 bridgehead atoms. The summed E-state index contributed by atoms with van der Waals surface area (Å²) >= 11 is 1.27. The average molecular weight is 395 g/mol. The number of pyridine rings is 1. The quantitative estimate of drug-likeness (QED) is 0.348. The van der Waals surface area contributed by atoms with Crippen molar-refractivity contribution in [3.8, 4) is 16.9 Å². The van der Waals surface area contributed by atoms with Crippen LogP contribution in [0.1, 0.15) is 38.7 Å². The summed E-state index contributed by atoms with van der Waals surface area (Å²) in [5, 5.41) is 5.63. The third-order valence-corrected chi connectivity index (χ3v) is 4.54. The van der Waals surface area contributed by atoms with Crippen molar-refractivity contribution >= 4 is 11.9 Å². The first-order chi connectivity index (χ1) is 13.8. The second-order valence-corrected chi connectivity index (χ2v) is 7.25. The number of benzene rings is 2. The van der Waals surface area contributed by atoms with Gasteiger partial charge in [-0.3, -0.25) is 10.1 Å². The Labute approximate surface area is 173 Å². The lowest BCUT2D eigenvalue weighted by Gasteiger charge is -2.08. The number of nitrogens with two attached hydrogens (primary N) is 1. The number of hydrogen-bond donors (Lipinski definition) is 1. The number of nitrogens with zero attached hydrogens (tertiary/aromatic N) is 1. The summed E-state index contributed by atoms with van der Waals surface area (Å²) in [6.45, 7) is 4.99. The Morgan fingerprint density at radius 2 is 1.71 bits per heavy atom. The first kappa shape index (κ1) is 22.0. The van der Waals surface area contributed by atoms with Crippen LogP contribution in [-0.4, -0.2) is 11.6 Å². The van der Waals surface area contributed by atoms with Crippen LogP contribution in [0.25, 0.3) is 11.1 Å². The lowest BCUT2D eigenvalue weighted by molar-refractivity contribution is 0.307. The average Bonchev–Trinajstić information content (AvgIpc) is 2.75. The molecule has 2 aromatic carbocycles. The molecule has 2 N–H and O–H groups in total. The summed E-state index contributed by atoms with van der Waals surface area (Å²) in [7, 11) is 0. The van der Waals surface area contributed by atoms with Gasteiger partial charge in [-0.1, -0.05) is 50.6 Å². The van der Waals surface area contributed by atoms with Crippen LogP contribution < -0.4 is 9.88 Å². The summed E-state index contributed by atoms with van der Waals surface area (Å²) in [6.07, 6.45) is 8.17. The number of ether oxygens (including phenoxy) is 1. The first-order valence-electron chi connectivity index (χ1n) is 9.85. The standard InChI is InChI=1S/C21H22N2OS.C3H8/c22-25-21-8-3-7-19(15-21)18-9-11-20(12-10-18)24-14-2-1-5-17-6-4-13-23-16-17;1-3-2/h3-4,6-13,15-16H,1-2,5,14,22H2;3H2,1-2H3. The zero-order valence-electron chi connectivity index (χ0n) is 16.8. The van der Waals surface area contributed by atoms with Crippen LogP contribution in [0.5, 0.6) is 5.75 Å². The molecule has 3 rings (SSSR count). The van der Waals surface area contributed by atoms with E-state index in [-0.39, 0.29) is 0 Å². The maximum atomic E-state index is 5.84. The SMILES string of the molecule is CCC.NSc1cccc(-c2ccc(OCCCCc3cccnc3)cc2)c1. The molecule has 0 saturated carbocycles. The van der Waals surface area contributed by atoms with E-state index in [1.807, 2.05) is 36.5 Å². The van der Waals surface area contributed by atoms with Crippen LogP contribution in [0, 0.1) is 0 Å². The van der Waals surface area contributed by atoms with Crippen LogP contribution in [0.15, 0.2) is 78.0 Å². The predicted octanol–water partition coefficient (Wildman–Crippen LogP) is 6.53. The maximum Gasteiger partial charge on any atom is 0.119 e. The Morgan fingerprint density at radius 3 is 2.39 bits per heavy atom. The molecule has 0 amide bonds. The van der Waals surface area contributed by atoms with Gasteiger partial charge in [-0.2, -0.15) is 0 Å². The Bertz CT molecular complexity index is 791. The van der Waals surface area contributed by atoms with Gasteiger partial charge in [0, 0.05) is 17.3 Å². The monoisotopic (exact) mass is 394 g/mol. The molecule has 148 valence electrons. The van der Waals surface area contributed by atoms with Gasteiger partial charge in [0.1, 0.15) is 5.75 Å². The van der Waals surface area contributed by atoms with E-state index in [1.165, 1.54) is 35.1 Å². The summed E-state index contributed by atoms with van der Waals surface area (Å²) < 4.78 is 5.84. The molecule has 3 nitrogen and oxygen atoms in total. The van der Waals surface area contributed by atoms with Gasteiger partial charge in [-0.25, -0.2) is 0 Å². The molecule has 3 aromatic rings. The van der Waals surface area contributed by atoms with E-state index in [9.17, 15) is 0 Å². The minimum absolute atomic E-state index is 0.735. The highest BCUT2D eigenvalue weighted by Gasteiger charge is 2.01. The molecular formula is C24H30N2OS. The van der Waals surface area contributed by atoms with E-state index >= 15 is 0 Å². The van der Waals surface area contributed by atoms with E-state index in [4.69, 9.17) is 9.88 Å². The summed E-state index contributed by atoms with van der Waals surface area (Å²) in [5.74, 6) is 0.912. The second kappa shape index (κ2) is 13.0. The fourth-order valence-electron chi connectivity index (χ4n) is 2.66. The highest BCUT2D eigenvalue weighted by molar-refractivity contribution is 7.97. The fourth-order valence-corrected chi connectivity index (χ4v) is 3.01. The minimum Gasteiger partial charge on any atom is -0.494 e. The van der Waals surface area contributed by atoms with Crippen LogP contribution in [0.2, 0.25) is 0 Å². The normalized spacial score (nSPS) is 10.1. The van der Waals surface area contributed by atoms with Crippen LogP contribution in [-0.2, 0) is 6.42 Å². The zero-order valence-corrected chi connectivity index (χ0v) is 17.6. The van der Waals surface area contributed by atoms with Gasteiger partial charge in [-0.05, 0) is 78.2 Å². The third kappa shape index (κ3) is 7.75. The van der Waals surface area contributed by atoms with Gasteiger partial charge >= 0.3 is 0 Å². The van der Waals surface area contributed by atoms with Crippen molar-refractivity contribution in [1.29, 1.82) is 0 Å². The predicted molar refractivity (Wildman–Crippen MR) is 121 cm³/mol. The summed E-state index contributed by atoms with van der Waals surface area (Å²) in [6, 6.07) is 20.6. The molecule has 0 aliphatic carbocycles. The summed E-state index contributed by atoms with van der Waals surface area (Å²) in [4.78, 5) is 5.20. The lowest BCUT2D eigenvalue weighted by atomic mass is 10.1. The van der Waals surface area contributed by atoms with Crippen molar-refractivity contribution in [3.63, 3.8) is 0 Å². The highest BCUT2D eigenvalue weighted by atomic mass is 32.2. The van der Waals surface area contributed by atoms with Crippen LogP contribution >= 0.6 is 11.9 Å². The Kier molecular flexibility index (Phi) is 10.2. The minimum atomic E-state index is 0.735. The van der Waals surface area contributed by atoms with E-state index in [0.29, 0.717) is 0 Å². The van der Waals surface area contributed by atoms with Gasteiger partial charge in [0.2, 0.25) is 0 Å². The van der Waals surface area contributed by atoms with Gasteiger partial charge in [0.15, 0.2) is 0 Å². The lowest BCUT2D eigenvalue weighted by Crippen LogP contribution is -1.98. The number of unbranched alkanes of at least 4 members (excludes halogenated alkanes) is 1. The molecule has 0 unspecified atom stereocenters. The molecule has 1 aromatic heterocycles. The van der Waals surface area contributed by atoms with E-state index in [0.717, 1.165) is 36.5 Å². The van der Waals surface area contributed by atoms with Crippen molar-refractivity contribution < 1.29 is 4.74 Å². The molecule has 1 heterocycles. The molecule has 4 heteroatoms. The van der Waals surface area contributed by atoms with Crippen molar-refractivity contribution in [2.75, 3.05) is 6.61 Å². The smallest absolute Gasteiger partial charge is 0.119 e. The summed E-state index contributed by atoms with van der Waals surface area (Å²) in [5.41, 5.74) is 3.61. The van der Waals surface area contributed by atoms with Gasteiger partial charge in [0.25, 0.3) is 0 Å². The molecule has 0 atom stereocenters. The highest BCUT2D eigenvalue weighted by Crippen LogP contribution is 2.25. The van der Waals surface area contributed by atoms with E-state index in [1.54, 1.807) is 6.20 Å². The number of rotatable bonds is 8. The second-order valence-electron chi connectivity index (χ2n) is 6.54. The number of aromatic nitrogens is 1. The van der Waals surface area contributed by atoms with Crippen LogP contribution in [0.4, 0.5) is 0 Å². The van der Waals surface area contributed by atoms with Crippen molar-refractivity contribution in [3.05, 3.63) is 78.6 Å².